The highest BCUT2D eigenvalue weighted by atomic mass is 19.4. The summed E-state index contributed by atoms with van der Waals surface area (Å²) in [6, 6.07) is 1.67. The monoisotopic (exact) mass is 306 g/mol. The second-order valence-corrected chi connectivity index (χ2v) is 3.80. The second kappa shape index (κ2) is 6.47. The Labute approximate surface area is 118 Å². The minimum atomic E-state index is -4.77. The molecule has 0 saturated heterocycles. The van der Waals surface area contributed by atoms with E-state index in [0.29, 0.717) is 6.07 Å². The number of carbonyl (C=O) groups excluding carboxylic acids is 2. The first kappa shape index (κ1) is 16.8. The largest absolute Gasteiger partial charge is 0.497 e. The maximum Gasteiger partial charge on any atom is 0.420 e. The van der Waals surface area contributed by atoms with Crippen molar-refractivity contribution in [3.05, 3.63) is 23.3 Å². The minimum Gasteiger partial charge on any atom is -0.497 e. The summed E-state index contributed by atoms with van der Waals surface area (Å²) in [5.41, 5.74) is -1.78. The molecule has 0 fully saturated rings. The van der Waals surface area contributed by atoms with Crippen LogP contribution in [0.5, 0.6) is 11.5 Å². The van der Waals surface area contributed by atoms with Gasteiger partial charge >= 0.3 is 12.1 Å². The van der Waals surface area contributed by atoms with Crippen LogP contribution in [-0.4, -0.2) is 32.6 Å². The number of hydrogen-bond donors (Lipinski definition) is 0. The summed E-state index contributed by atoms with van der Waals surface area (Å²) in [5, 5.41) is 0. The molecule has 21 heavy (non-hydrogen) atoms. The molecule has 0 aromatic heterocycles. The first-order valence-electron chi connectivity index (χ1n) is 5.80. The van der Waals surface area contributed by atoms with Crippen LogP contribution in [0.15, 0.2) is 12.1 Å². The van der Waals surface area contributed by atoms with Crippen LogP contribution in [0.2, 0.25) is 0 Å². The predicted molar refractivity (Wildman–Crippen MR) is 65.5 cm³/mol. The van der Waals surface area contributed by atoms with Gasteiger partial charge in [0.1, 0.15) is 17.1 Å². The standard InChI is InChI=1S/C13H13F3O5/c1-4-21-12(18)10(17)8-5-7(19-2)6-9(11(8)20-3)13(14,15)16/h5-6H,4H2,1-3H3. The van der Waals surface area contributed by atoms with Gasteiger partial charge in [-0.1, -0.05) is 0 Å². The summed E-state index contributed by atoms with van der Waals surface area (Å²) in [5.74, 6) is -3.48. The molecule has 8 heteroatoms. The van der Waals surface area contributed by atoms with Gasteiger partial charge in [-0.25, -0.2) is 4.79 Å². The first-order valence-corrected chi connectivity index (χ1v) is 5.80. The summed E-state index contributed by atoms with van der Waals surface area (Å²) < 4.78 is 52.8. The lowest BCUT2D eigenvalue weighted by Crippen LogP contribution is -2.20. The van der Waals surface area contributed by atoms with E-state index in [1.54, 1.807) is 0 Å². The average Bonchev–Trinajstić information content (AvgIpc) is 2.44. The third-order valence-electron chi connectivity index (χ3n) is 2.51. The third kappa shape index (κ3) is 3.65. The van der Waals surface area contributed by atoms with E-state index in [-0.39, 0.29) is 12.4 Å². The molecule has 1 aromatic rings. The SMILES string of the molecule is CCOC(=O)C(=O)c1cc(OC)cc(C(F)(F)F)c1OC. The molecule has 0 aliphatic carbocycles. The fraction of sp³-hybridized carbons (Fsp3) is 0.385. The molecule has 0 saturated carbocycles. The van der Waals surface area contributed by atoms with Crippen molar-refractivity contribution in [3.8, 4) is 11.5 Å². The normalized spacial score (nSPS) is 11.0. The molecule has 5 nitrogen and oxygen atoms in total. The molecule has 0 unspecified atom stereocenters. The topological polar surface area (TPSA) is 61.8 Å². The van der Waals surface area contributed by atoms with Crippen LogP contribution < -0.4 is 9.47 Å². The van der Waals surface area contributed by atoms with Gasteiger partial charge in [-0.3, -0.25) is 4.79 Å². The molecule has 0 amide bonds. The zero-order valence-corrected chi connectivity index (χ0v) is 11.5. The lowest BCUT2D eigenvalue weighted by Gasteiger charge is -2.16. The summed E-state index contributed by atoms with van der Waals surface area (Å²) in [6.45, 7) is 1.39. The second-order valence-electron chi connectivity index (χ2n) is 3.80. The molecular formula is C13H13F3O5. The van der Waals surface area contributed by atoms with Crippen molar-refractivity contribution in [2.75, 3.05) is 20.8 Å². The van der Waals surface area contributed by atoms with Crippen LogP contribution in [0, 0.1) is 0 Å². The summed E-state index contributed by atoms with van der Waals surface area (Å²) in [4.78, 5) is 23.3. The third-order valence-corrected chi connectivity index (χ3v) is 2.51. The lowest BCUT2D eigenvalue weighted by molar-refractivity contribution is -0.139. The van der Waals surface area contributed by atoms with E-state index in [9.17, 15) is 22.8 Å². The van der Waals surface area contributed by atoms with E-state index in [0.717, 1.165) is 20.3 Å². The molecule has 0 heterocycles. The molecule has 1 aromatic carbocycles. The number of ether oxygens (including phenoxy) is 3. The average molecular weight is 306 g/mol. The number of alkyl halides is 3. The van der Waals surface area contributed by atoms with Crippen LogP contribution in [0.4, 0.5) is 13.2 Å². The summed E-state index contributed by atoms with van der Waals surface area (Å²) >= 11 is 0. The van der Waals surface area contributed by atoms with Gasteiger partial charge in [0.2, 0.25) is 0 Å². The van der Waals surface area contributed by atoms with Crippen LogP contribution in [0.3, 0.4) is 0 Å². The van der Waals surface area contributed by atoms with E-state index in [1.165, 1.54) is 6.92 Å². The fourth-order valence-electron chi connectivity index (χ4n) is 1.63. The van der Waals surface area contributed by atoms with Gasteiger partial charge in [0.15, 0.2) is 0 Å². The Morgan fingerprint density at radius 2 is 1.76 bits per heavy atom. The molecule has 0 aliphatic rings. The van der Waals surface area contributed by atoms with Gasteiger partial charge in [-0.05, 0) is 19.1 Å². The van der Waals surface area contributed by atoms with Gasteiger partial charge in [-0.2, -0.15) is 13.2 Å². The van der Waals surface area contributed by atoms with E-state index >= 15 is 0 Å². The minimum absolute atomic E-state index is 0.0804. The number of benzene rings is 1. The molecule has 0 bridgehead atoms. The quantitative estimate of drug-likeness (QED) is 0.475. The van der Waals surface area contributed by atoms with Gasteiger partial charge in [0.05, 0.1) is 26.4 Å². The summed E-state index contributed by atoms with van der Waals surface area (Å²) in [7, 11) is 2.11. The van der Waals surface area contributed by atoms with Gasteiger partial charge < -0.3 is 14.2 Å². The van der Waals surface area contributed by atoms with Crippen LogP contribution in [0.1, 0.15) is 22.8 Å². The van der Waals surface area contributed by atoms with Crippen molar-refractivity contribution < 1.29 is 37.0 Å². The number of hydrogen-bond acceptors (Lipinski definition) is 5. The maximum absolute atomic E-state index is 13.0. The van der Waals surface area contributed by atoms with Crippen LogP contribution >= 0.6 is 0 Å². The van der Waals surface area contributed by atoms with Crippen molar-refractivity contribution in [1.29, 1.82) is 0 Å². The first-order chi connectivity index (χ1) is 9.76. The highest BCUT2D eigenvalue weighted by Crippen LogP contribution is 2.41. The number of halogens is 3. The van der Waals surface area contributed by atoms with Crippen LogP contribution in [-0.2, 0) is 15.7 Å². The van der Waals surface area contributed by atoms with Crippen LogP contribution in [0.25, 0.3) is 0 Å². The van der Waals surface area contributed by atoms with Gasteiger partial charge in [0.25, 0.3) is 5.78 Å². The number of esters is 1. The molecule has 1 rings (SSSR count). The van der Waals surface area contributed by atoms with E-state index in [1.807, 2.05) is 0 Å². The molecule has 0 radical (unpaired) electrons. The summed E-state index contributed by atoms with van der Waals surface area (Å²) in [6.07, 6.45) is -4.77. The Balaban J connectivity index is 3.49. The number of carbonyl (C=O) groups is 2. The van der Waals surface area contributed by atoms with E-state index in [2.05, 4.69) is 9.47 Å². The Morgan fingerprint density at radius 3 is 2.19 bits per heavy atom. The molecule has 0 atom stereocenters. The van der Waals surface area contributed by atoms with Gasteiger partial charge in [-0.15, -0.1) is 0 Å². The van der Waals surface area contributed by atoms with Crippen molar-refractivity contribution in [1.82, 2.24) is 0 Å². The highest BCUT2D eigenvalue weighted by molar-refractivity contribution is 6.41. The van der Waals surface area contributed by atoms with Crippen molar-refractivity contribution >= 4 is 11.8 Å². The Kier molecular flexibility index (Phi) is 5.17. The lowest BCUT2D eigenvalue weighted by atomic mass is 10.0. The molecule has 0 N–H and O–H groups in total. The van der Waals surface area contributed by atoms with Gasteiger partial charge in [0, 0.05) is 0 Å². The molecular weight excluding hydrogens is 293 g/mol. The number of methoxy groups -OCH3 is 2. The molecule has 116 valence electrons. The van der Waals surface area contributed by atoms with Crippen molar-refractivity contribution in [2.45, 2.75) is 13.1 Å². The molecule has 0 aliphatic heterocycles. The Bertz CT molecular complexity index is 551. The Morgan fingerprint density at radius 1 is 1.14 bits per heavy atom. The zero-order chi connectivity index (χ0) is 16.2. The zero-order valence-electron chi connectivity index (χ0n) is 11.5. The number of ketones is 1. The number of rotatable bonds is 5. The molecule has 0 spiro atoms. The van der Waals surface area contributed by atoms with E-state index in [4.69, 9.17) is 4.74 Å². The smallest absolute Gasteiger partial charge is 0.420 e. The maximum atomic E-state index is 13.0. The predicted octanol–water partition coefficient (Wildman–Crippen LogP) is 2.47. The number of Topliss-reactive ketones (excluding diaryl/α,β-unsaturated/α-hetero) is 1. The highest BCUT2D eigenvalue weighted by Gasteiger charge is 2.38. The van der Waals surface area contributed by atoms with Crippen molar-refractivity contribution in [3.63, 3.8) is 0 Å². The Hall–Kier alpha value is -2.25. The van der Waals surface area contributed by atoms with Crippen molar-refractivity contribution in [2.24, 2.45) is 0 Å². The fourth-order valence-corrected chi connectivity index (χ4v) is 1.63. The van der Waals surface area contributed by atoms with E-state index < -0.39 is 34.8 Å².